The molecule has 28 heavy (non-hydrogen) atoms. The number of rotatable bonds is 4. The van der Waals surface area contributed by atoms with Crippen LogP contribution in [-0.2, 0) is 9.59 Å². The molecule has 1 N–H and O–H groups in total. The maximum atomic E-state index is 12.6. The molecule has 1 aliphatic rings. The number of amides is 2. The van der Waals surface area contributed by atoms with Gasteiger partial charge in [0, 0.05) is 31.6 Å². The van der Waals surface area contributed by atoms with Gasteiger partial charge in [-0.15, -0.1) is 0 Å². The van der Waals surface area contributed by atoms with Crippen LogP contribution in [0.2, 0.25) is 0 Å². The molecular weight excluding hydrogens is 350 g/mol. The van der Waals surface area contributed by atoms with E-state index in [9.17, 15) is 9.59 Å². The van der Waals surface area contributed by atoms with Crippen molar-refractivity contribution in [1.29, 1.82) is 0 Å². The van der Waals surface area contributed by atoms with Crippen molar-refractivity contribution in [2.75, 3.05) is 32.7 Å². The van der Waals surface area contributed by atoms with Gasteiger partial charge in [-0.3, -0.25) is 14.5 Å². The first-order valence-electron chi connectivity index (χ1n) is 10.0. The monoisotopic (exact) mass is 381 g/mol. The van der Waals surface area contributed by atoms with Gasteiger partial charge in [0.15, 0.2) is 0 Å². The van der Waals surface area contributed by atoms with Crippen molar-refractivity contribution in [2.24, 2.45) is 5.41 Å². The van der Waals surface area contributed by atoms with Crippen molar-refractivity contribution in [2.45, 2.75) is 33.7 Å². The smallest absolute Gasteiger partial charge is 0.234 e. The molecule has 0 aliphatic carbocycles. The van der Waals surface area contributed by atoms with Crippen molar-refractivity contribution in [3.63, 3.8) is 0 Å². The number of carbonyl (C=O) groups is 2. The van der Waals surface area contributed by atoms with Gasteiger partial charge in [0.2, 0.25) is 11.8 Å². The molecule has 1 atom stereocenters. The molecule has 2 aromatic rings. The highest BCUT2D eigenvalue weighted by molar-refractivity contribution is 5.87. The Bertz CT molecular complexity index is 843. The number of nitrogens with zero attached hydrogens (tertiary/aromatic N) is 2. The summed E-state index contributed by atoms with van der Waals surface area (Å²) in [6, 6.07) is 14.4. The number of benzene rings is 2. The van der Waals surface area contributed by atoms with Gasteiger partial charge in [-0.25, -0.2) is 0 Å². The summed E-state index contributed by atoms with van der Waals surface area (Å²) in [5.41, 5.74) is 0.778. The Morgan fingerprint density at radius 2 is 1.64 bits per heavy atom. The zero-order valence-electron chi connectivity index (χ0n) is 17.4. The van der Waals surface area contributed by atoms with E-state index in [1.54, 1.807) is 0 Å². The predicted molar refractivity (Wildman–Crippen MR) is 113 cm³/mol. The van der Waals surface area contributed by atoms with Crippen LogP contribution in [0, 0.1) is 5.41 Å². The number of nitrogens with one attached hydrogen (secondary N) is 1. The number of hydrogen-bond acceptors (Lipinski definition) is 3. The van der Waals surface area contributed by atoms with Crippen molar-refractivity contribution in [3.05, 3.63) is 48.0 Å². The summed E-state index contributed by atoms with van der Waals surface area (Å²) in [6.07, 6.45) is 0. The average Bonchev–Trinajstić information content (AvgIpc) is 2.66. The van der Waals surface area contributed by atoms with Crippen LogP contribution in [0.1, 0.15) is 39.3 Å². The third-order valence-corrected chi connectivity index (χ3v) is 5.34. The standard InChI is InChI=1S/C23H31N3O2/c1-17(19-11-7-9-18-8-5-6-10-20(18)19)24-21(27)16-25-12-14-26(15-13-25)22(28)23(2,3)4/h5-11,17H,12-16H2,1-4H3,(H,24,27). The van der Waals surface area contributed by atoms with E-state index in [0.29, 0.717) is 19.6 Å². The Balaban J connectivity index is 1.54. The van der Waals surface area contributed by atoms with Gasteiger partial charge in [0.05, 0.1) is 12.6 Å². The van der Waals surface area contributed by atoms with E-state index in [1.807, 2.05) is 50.8 Å². The summed E-state index contributed by atoms with van der Waals surface area (Å²) in [6.45, 7) is 11.1. The Labute approximate surface area is 167 Å². The maximum absolute atomic E-state index is 12.6. The van der Waals surface area contributed by atoms with E-state index in [0.717, 1.165) is 18.7 Å². The van der Waals surface area contributed by atoms with Gasteiger partial charge >= 0.3 is 0 Å². The van der Waals surface area contributed by atoms with Crippen LogP contribution in [0.3, 0.4) is 0 Å². The van der Waals surface area contributed by atoms with E-state index in [1.165, 1.54) is 10.8 Å². The highest BCUT2D eigenvalue weighted by Crippen LogP contribution is 2.24. The summed E-state index contributed by atoms with van der Waals surface area (Å²) < 4.78 is 0. The fourth-order valence-electron chi connectivity index (χ4n) is 3.78. The van der Waals surface area contributed by atoms with Gasteiger partial charge in [-0.05, 0) is 23.3 Å². The molecule has 1 unspecified atom stereocenters. The first-order valence-corrected chi connectivity index (χ1v) is 10.0. The van der Waals surface area contributed by atoms with Crippen LogP contribution < -0.4 is 5.32 Å². The number of hydrogen-bond donors (Lipinski definition) is 1. The van der Waals surface area contributed by atoms with Crippen LogP contribution >= 0.6 is 0 Å². The van der Waals surface area contributed by atoms with Crippen LogP contribution in [0.5, 0.6) is 0 Å². The van der Waals surface area contributed by atoms with Crippen LogP contribution in [0.25, 0.3) is 10.8 Å². The molecule has 150 valence electrons. The van der Waals surface area contributed by atoms with Crippen molar-refractivity contribution >= 4 is 22.6 Å². The first-order chi connectivity index (χ1) is 13.3. The highest BCUT2D eigenvalue weighted by atomic mass is 16.2. The number of carbonyl (C=O) groups excluding carboxylic acids is 2. The first kappa shape index (κ1) is 20.3. The maximum Gasteiger partial charge on any atom is 0.234 e. The third-order valence-electron chi connectivity index (χ3n) is 5.34. The molecule has 1 heterocycles. The fraction of sp³-hybridized carbons (Fsp3) is 0.478. The SMILES string of the molecule is CC(NC(=O)CN1CCN(C(=O)C(C)(C)C)CC1)c1cccc2ccccc12. The summed E-state index contributed by atoms with van der Waals surface area (Å²) >= 11 is 0. The molecule has 0 saturated carbocycles. The van der Waals surface area contributed by atoms with E-state index < -0.39 is 0 Å². The van der Waals surface area contributed by atoms with Gasteiger partial charge in [0.1, 0.15) is 0 Å². The molecule has 2 amide bonds. The predicted octanol–water partition coefficient (Wildman–Crippen LogP) is 3.21. The highest BCUT2D eigenvalue weighted by Gasteiger charge is 2.30. The second kappa shape index (κ2) is 8.31. The van der Waals surface area contributed by atoms with Gasteiger partial charge in [-0.1, -0.05) is 63.2 Å². The lowest BCUT2D eigenvalue weighted by atomic mass is 9.94. The summed E-state index contributed by atoms with van der Waals surface area (Å²) in [5, 5.41) is 5.49. The lowest BCUT2D eigenvalue weighted by molar-refractivity contribution is -0.141. The van der Waals surface area contributed by atoms with Crippen molar-refractivity contribution in [1.82, 2.24) is 15.1 Å². The van der Waals surface area contributed by atoms with Crippen molar-refractivity contribution < 1.29 is 9.59 Å². The minimum absolute atomic E-state index is 0.0241. The summed E-state index contributed by atoms with van der Waals surface area (Å²) in [7, 11) is 0. The van der Waals surface area contributed by atoms with Crippen LogP contribution in [0.15, 0.2) is 42.5 Å². The zero-order valence-corrected chi connectivity index (χ0v) is 17.4. The Morgan fingerprint density at radius 3 is 2.32 bits per heavy atom. The van der Waals surface area contributed by atoms with Crippen LogP contribution in [-0.4, -0.2) is 54.3 Å². The zero-order chi connectivity index (χ0) is 20.3. The Hall–Kier alpha value is -2.40. The number of fused-ring (bicyclic) bond motifs is 1. The van der Waals surface area contributed by atoms with E-state index in [2.05, 4.69) is 34.5 Å². The average molecular weight is 382 g/mol. The topological polar surface area (TPSA) is 52.7 Å². The summed E-state index contributed by atoms with van der Waals surface area (Å²) in [4.78, 5) is 29.0. The van der Waals surface area contributed by atoms with Crippen molar-refractivity contribution in [3.8, 4) is 0 Å². The molecule has 2 aromatic carbocycles. The molecule has 5 nitrogen and oxygen atoms in total. The molecule has 1 fully saturated rings. The van der Waals surface area contributed by atoms with E-state index >= 15 is 0 Å². The minimum atomic E-state index is -0.354. The second-order valence-electron chi connectivity index (χ2n) is 8.68. The fourth-order valence-corrected chi connectivity index (χ4v) is 3.78. The largest absolute Gasteiger partial charge is 0.348 e. The lowest BCUT2D eigenvalue weighted by Crippen LogP contribution is -2.53. The Kier molecular flexibility index (Phi) is 6.04. The molecule has 5 heteroatoms. The Morgan fingerprint density at radius 1 is 1.00 bits per heavy atom. The molecule has 0 aromatic heterocycles. The molecule has 0 spiro atoms. The quantitative estimate of drug-likeness (QED) is 0.885. The number of piperazine rings is 1. The second-order valence-corrected chi connectivity index (χ2v) is 8.68. The molecule has 0 radical (unpaired) electrons. The van der Waals surface area contributed by atoms with E-state index in [4.69, 9.17) is 0 Å². The minimum Gasteiger partial charge on any atom is -0.348 e. The van der Waals surface area contributed by atoms with Gasteiger partial charge < -0.3 is 10.2 Å². The third kappa shape index (κ3) is 4.71. The van der Waals surface area contributed by atoms with Gasteiger partial charge in [-0.2, -0.15) is 0 Å². The molecule has 3 rings (SSSR count). The van der Waals surface area contributed by atoms with E-state index in [-0.39, 0.29) is 23.3 Å². The molecule has 1 aliphatic heterocycles. The van der Waals surface area contributed by atoms with Crippen LogP contribution in [0.4, 0.5) is 0 Å². The molecule has 1 saturated heterocycles. The van der Waals surface area contributed by atoms with Gasteiger partial charge in [0.25, 0.3) is 0 Å². The normalized spacial score (nSPS) is 16.8. The lowest BCUT2D eigenvalue weighted by Gasteiger charge is -2.37. The molecular formula is C23H31N3O2. The molecule has 0 bridgehead atoms. The summed E-state index contributed by atoms with van der Waals surface area (Å²) in [5.74, 6) is 0.206.